The molecule has 0 radical (unpaired) electrons. The molecule has 0 spiro atoms. The van der Waals surface area contributed by atoms with Crippen molar-refractivity contribution in [2.45, 2.75) is 94.3 Å². The van der Waals surface area contributed by atoms with Gasteiger partial charge in [-0.25, -0.2) is 4.79 Å². The Bertz CT molecular complexity index is 1720. The summed E-state index contributed by atoms with van der Waals surface area (Å²) in [6.07, 6.45) is -0.483. The highest BCUT2D eigenvalue weighted by atomic mass is 32.2. The predicted octanol–water partition coefficient (Wildman–Crippen LogP) is -5.84. The van der Waals surface area contributed by atoms with Crippen LogP contribution in [0.15, 0.2) is 30.3 Å². The van der Waals surface area contributed by atoms with Gasteiger partial charge < -0.3 is 74.2 Å². The van der Waals surface area contributed by atoms with Gasteiger partial charge in [-0.2, -0.15) is 11.8 Å². The van der Waals surface area contributed by atoms with Gasteiger partial charge >= 0.3 is 11.9 Å². The molecule has 346 valence electrons. The number of carbonyl (C=O) groups excluding carboxylic acids is 8. The lowest BCUT2D eigenvalue weighted by Crippen LogP contribution is -2.61. The zero-order valence-corrected chi connectivity index (χ0v) is 35.1. The molecular formula is C37H57N9O15S. The molecule has 8 unspecified atom stereocenters. The van der Waals surface area contributed by atoms with Gasteiger partial charge in [0, 0.05) is 6.42 Å². The summed E-state index contributed by atoms with van der Waals surface area (Å²) < 4.78 is 0. The van der Waals surface area contributed by atoms with Crippen LogP contribution in [0.5, 0.6) is 0 Å². The predicted molar refractivity (Wildman–Crippen MR) is 219 cm³/mol. The first-order valence-electron chi connectivity index (χ1n) is 19.1. The Morgan fingerprint density at radius 1 is 0.581 bits per heavy atom. The topological polar surface area (TPSA) is 408 Å². The number of carboxylic acid groups (broad SMARTS) is 2. The highest BCUT2D eigenvalue weighted by Gasteiger charge is 2.35. The summed E-state index contributed by atoms with van der Waals surface area (Å²) in [6.45, 7) is 0.505. The van der Waals surface area contributed by atoms with E-state index in [0.29, 0.717) is 11.3 Å². The number of primary amides is 1. The standard InChI is InChI=1S/C37H57N9O15S/c1-18(2)11-22(41-34(57)24(13-28(39)50)43-31(54)21(9-10-62-3)40-30(53)20(38)15-47)32(55)44-25(14-29(51)52)35(58)42-23(12-19-7-5-4-6-8-19)33(56)45-26(16-48)36(59)46-27(17-49)37(60)61/h4-8,18,20-27,47-49H,9-17,38H2,1-3H3,(H2,39,50)(H,40,53)(H,41,57)(H,42,58)(H,43,54)(H,44,55)(H,45,56)(H,46,59)(H,51,52)(H,60,61). The Morgan fingerprint density at radius 3 is 1.50 bits per heavy atom. The average Bonchev–Trinajstić information content (AvgIpc) is 3.21. The monoisotopic (exact) mass is 899 g/mol. The molecule has 0 aliphatic heterocycles. The van der Waals surface area contributed by atoms with Gasteiger partial charge in [0.15, 0.2) is 0 Å². The summed E-state index contributed by atoms with van der Waals surface area (Å²) in [7, 11) is 0. The Kier molecular flexibility index (Phi) is 24.3. The first kappa shape index (κ1) is 54.1. The van der Waals surface area contributed by atoms with E-state index < -0.39 is 140 Å². The van der Waals surface area contributed by atoms with E-state index in [1.165, 1.54) is 11.8 Å². The first-order chi connectivity index (χ1) is 29.2. The van der Waals surface area contributed by atoms with Crippen molar-refractivity contribution in [1.29, 1.82) is 0 Å². The number of amides is 8. The number of rotatable bonds is 29. The van der Waals surface area contributed by atoms with Crippen molar-refractivity contribution in [3.8, 4) is 0 Å². The molecule has 25 heteroatoms. The van der Waals surface area contributed by atoms with E-state index in [2.05, 4.69) is 31.9 Å². The van der Waals surface area contributed by atoms with E-state index in [-0.39, 0.29) is 25.2 Å². The molecule has 1 aromatic rings. The van der Waals surface area contributed by atoms with Crippen LogP contribution in [0.3, 0.4) is 0 Å². The van der Waals surface area contributed by atoms with Gasteiger partial charge in [0.05, 0.1) is 32.7 Å². The molecule has 16 N–H and O–H groups in total. The molecule has 0 saturated heterocycles. The molecule has 1 rings (SSSR count). The molecule has 0 heterocycles. The second kappa shape index (κ2) is 27.9. The smallest absolute Gasteiger partial charge is 0.328 e. The molecule has 1 aromatic carbocycles. The van der Waals surface area contributed by atoms with Crippen LogP contribution in [0.25, 0.3) is 0 Å². The number of aliphatic carboxylic acids is 2. The second-order valence-electron chi connectivity index (χ2n) is 14.3. The fourth-order valence-corrected chi connectivity index (χ4v) is 5.91. The summed E-state index contributed by atoms with van der Waals surface area (Å²) in [5.74, 6) is -11.8. The summed E-state index contributed by atoms with van der Waals surface area (Å²) in [6, 6.07) is -5.00. The summed E-state index contributed by atoms with van der Waals surface area (Å²) in [5.41, 5.74) is 11.4. The van der Waals surface area contributed by atoms with Crippen molar-refractivity contribution >= 4 is 71.0 Å². The third-order valence-corrected chi connectivity index (χ3v) is 9.34. The lowest BCUT2D eigenvalue weighted by molar-refractivity contribution is -0.143. The van der Waals surface area contributed by atoms with Gasteiger partial charge in [0.25, 0.3) is 0 Å². The van der Waals surface area contributed by atoms with Crippen LogP contribution < -0.4 is 48.7 Å². The minimum Gasteiger partial charge on any atom is -0.481 e. The Labute approximate surface area is 360 Å². The highest BCUT2D eigenvalue weighted by Crippen LogP contribution is 2.10. The van der Waals surface area contributed by atoms with E-state index in [0.717, 1.165) is 0 Å². The summed E-state index contributed by atoms with van der Waals surface area (Å²) >= 11 is 1.32. The number of aliphatic hydroxyl groups excluding tert-OH is 3. The third-order valence-electron chi connectivity index (χ3n) is 8.70. The van der Waals surface area contributed by atoms with Crippen molar-refractivity contribution in [3.63, 3.8) is 0 Å². The Hall–Kier alpha value is -5.89. The van der Waals surface area contributed by atoms with E-state index in [9.17, 15) is 68.4 Å². The number of thioether (sulfide) groups is 1. The number of carboxylic acids is 2. The molecule has 0 bridgehead atoms. The molecule has 8 atom stereocenters. The van der Waals surface area contributed by atoms with Gasteiger partial charge in [-0.1, -0.05) is 44.2 Å². The van der Waals surface area contributed by atoms with Crippen LogP contribution >= 0.6 is 11.8 Å². The molecule has 8 amide bonds. The highest BCUT2D eigenvalue weighted by molar-refractivity contribution is 7.98. The van der Waals surface area contributed by atoms with Gasteiger partial charge in [0.1, 0.15) is 48.3 Å². The normalized spacial score (nSPS) is 14.8. The number of carbonyl (C=O) groups is 10. The summed E-state index contributed by atoms with van der Waals surface area (Å²) in [4.78, 5) is 128. The van der Waals surface area contributed by atoms with Crippen LogP contribution in [0.4, 0.5) is 0 Å². The SMILES string of the molecule is CSCCC(NC(=O)C(N)CO)C(=O)NC(CC(N)=O)C(=O)NC(CC(C)C)C(=O)NC(CC(=O)O)C(=O)NC(Cc1ccccc1)C(=O)NC(CO)C(=O)NC(CO)C(=O)O. The van der Waals surface area contributed by atoms with Crippen LogP contribution in [0.1, 0.15) is 45.1 Å². The lowest BCUT2D eigenvalue weighted by Gasteiger charge is -2.28. The molecular weight excluding hydrogens is 843 g/mol. The minimum absolute atomic E-state index is 0.0380. The molecule has 0 aromatic heterocycles. The van der Waals surface area contributed by atoms with Crippen LogP contribution in [0, 0.1) is 5.92 Å². The van der Waals surface area contributed by atoms with Gasteiger partial charge in [-0.05, 0) is 36.3 Å². The van der Waals surface area contributed by atoms with E-state index in [1.807, 2.05) is 5.32 Å². The van der Waals surface area contributed by atoms with Gasteiger partial charge in [-0.15, -0.1) is 0 Å². The lowest BCUT2D eigenvalue weighted by atomic mass is 10.0. The molecule has 0 aliphatic carbocycles. The molecule has 0 saturated carbocycles. The maximum Gasteiger partial charge on any atom is 0.328 e. The molecule has 0 fully saturated rings. The van der Waals surface area contributed by atoms with E-state index in [1.54, 1.807) is 50.4 Å². The van der Waals surface area contributed by atoms with Crippen molar-refractivity contribution in [1.82, 2.24) is 37.2 Å². The fraction of sp³-hybridized carbons (Fsp3) is 0.568. The molecule has 0 aliphatic rings. The van der Waals surface area contributed by atoms with Crippen LogP contribution in [0.2, 0.25) is 0 Å². The number of nitrogens with two attached hydrogens (primary N) is 2. The van der Waals surface area contributed by atoms with Crippen molar-refractivity contribution < 1.29 is 73.5 Å². The average molecular weight is 900 g/mol. The molecule has 62 heavy (non-hydrogen) atoms. The molecule has 24 nitrogen and oxygen atoms in total. The third kappa shape index (κ3) is 19.7. The maximum absolute atomic E-state index is 13.8. The van der Waals surface area contributed by atoms with Gasteiger partial charge in [-0.3, -0.25) is 43.2 Å². The maximum atomic E-state index is 13.8. The zero-order chi connectivity index (χ0) is 47.1. The first-order valence-corrected chi connectivity index (χ1v) is 20.5. The second-order valence-corrected chi connectivity index (χ2v) is 15.3. The van der Waals surface area contributed by atoms with Crippen LogP contribution in [-0.4, -0.2) is 165 Å². The Balaban J connectivity index is 3.42. The number of aliphatic hydroxyl groups is 3. The number of benzene rings is 1. The number of nitrogens with one attached hydrogen (secondary N) is 7. The van der Waals surface area contributed by atoms with E-state index in [4.69, 9.17) is 16.6 Å². The number of hydrogen-bond donors (Lipinski definition) is 14. The van der Waals surface area contributed by atoms with Crippen molar-refractivity contribution in [2.75, 3.05) is 31.8 Å². The van der Waals surface area contributed by atoms with Crippen molar-refractivity contribution in [3.05, 3.63) is 35.9 Å². The number of hydrogen-bond acceptors (Lipinski definition) is 15. The van der Waals surface area contributed by atoms with Gasteiger partial charge in [0.2, 0.25) is 47.3 Å². The quantitative estimate of drug-likeness (QED) is 0.0356. The van der Waals surface area contributed by atoms with Crippen LogP contribution in [-0.2, 0) is 54.4 Å². The largest absolute Gasteiger partial charge is 0.481 e. The zero-order valence-electron chi connectivity index (χ0n) is 34.3. The summed E-state index contributed by atoms with van der Waals surface area (Å²) in [5, 5.41) is 63.0. The fourth-order valence-electron chi connectivity index (χ4n) is 5.44. The Morgan fingerprint density at radius 2 is 1.02 bits per heavy atom. The van der Waals surface area contributed by atoms with Crippen molar-refractivity contribution in [2.24, 2.45) is 17.4 Å². The minimum atomic E-state index is -1.91. The van der Waals surface area contributed by atoms with E-state index >= 15 is 0 Å².